The zero-order valence-electron chi connectivity index (χ0n) is 8.55. The lowest BCUT2D eigenvalue weighted by atomic mass is 9.74. The Kier molecular flexibility index (Phi) is 3.09. The van der Waals surface area contributed by atoms with Crippen LogP contribution >= 0.6 is 0 Å². The molecule has 0 aliphatic carbocycles. The van der Waals surface area contributed by atoms with Crippen molar-refractivity contribution in [2.75, 3.05) is 20.1 Å². The number of likely N-dealkylation sites (tertiary alicyclic amines) is 1. The molecule has 0 saturated carbocycles. The average Bonchev–Trinajstić information content (AvgIpc) is 2.04. The van der Waals surface area contributed by atoms with Crippen LogP contribution in [0.25, 0.3) is 0 Å². The molecule has 1 fully saturated rings. The lowest BCUT2D eigenvalue weighted by Gasteiger charge is -2.42. The lowest BCUT2D eigenvalue weighted by molar-refractivity contribution is 0.0350. The first-order valence-electron chi connectivity index (χ1n) is 4.67. The third-order valence-electron chi connectivity index (χ3n) is 3.15. The number of hydrogen-bond acceptors (Lipinski definition) is 2. The number of aliphatic hydroxyl groups excluding tert-OH is 1. The van der Waals surface area contributed by atoms with Gasteiger partial charge < -0.3 is 10.0 Å². The minimum Gasteiger partial charge on any atom is -0.392 e. The molecule has 0 amide bonds. The molecule has 0 spiro atoms. The Hall–Kier alpha value is -0.410. The molecule has 76 valence electrons. The van der Waals surface area contributed by atoms with Gasteiger partial charge in [0.2, 0.25) is 0 Å². The highest BCUT2D eigenvalue weighted by atomic mass is 19.1. The fourth-order valence-corrected chi connectivity index (χ4v) is 1.92. The number of piperidine rings is 1. The molecule has 1 unspecified atom stereocenters. The van der Waals surface area contributed by atoms with Gasteiger partial charge in [0.05, 0.1) is 12.4 Å². The number of hydrogen-bond donors (Lipinski definition) is 1. The zero-order valence-corrected chi connectivity index (χ0v) is 8.55. The van der Waals surface area contributed by atoms with Gasteiger partial charge in [0, 0.05) is 18.5 Å². The highest BCUT2D eigenvalue weighted by Gasteiger charge is 2.38. The molecule has 0 aromatic heterocycles. The Balaban J connectivity index is 2.88. The second kappa shape index (κ2) is 3.76. The maximum atomic E-state index is 12.6. The van der Waals surface area contributed by atoms with E-state index in [-0.39, 0.29) is 0 Å². The fourth-order valence-electron chi connectivity index (χ4n) is 1.92. The summed E-state index contributed by atoms with van der Waals surface area (Å²) < 4.78 is 12.6. The van der Waals surface area contributed by atoms with E-state index in [0.717, 1.165) is 18.7 Å². The quantitative estimate of drug-likeness (QED) is 0.673. The lowest BCUT2D eigenvalue weighted by Crippen LogP contribution is -2.46. The van der Waals surface area contributed by atoms with Crippen molar-refractivity contribution in [1.29, 1.82) is 0 Å². The normalized spacial score (nSPS) is 36.5. The van der Waals surface area contributed by atoms with E-state index in [2.05, 4.69) is 4.90 Å². The summed E-state index contributed by atoms with van der Waals surface area (Å²) in [4.78, 5) is 2.12. The summed E-state index contributed by atoms with van der Waals surface area (Å²) in [6.07, 6.45) is 0.881. The molecule has 1 aliphatic rings. The van der Waals surface area contributed by atoms with Crippen LogP contribution in [0.15, 0.2) is 11.9 Å². The molecule has 13 heavy (non-hydrogen) atoms. The van der Waals surface area contributed by atoms with Crippen LogP contribution in [0.5, 0.6) is 0 Å². The van der Waals surface area contributed by atoms with Gasteiger partial charge in [-0.05, 0) is 26.0 Å². The second-order valence-corrected chi connectivity index (χ2v) is 4.22. The van der Waals surface area contributed by atoms with Gasteiger partial charge in [0.1, 0.15) is 0 Å². The highest BCUT2D eigenvalue weighted by Crippen LogP contribution is 2.37. The monoisotopic (exact) mass is 187 g/mol. The summed E-state index contributed by atoms with van der Waals surface area (Å²) in [5.74, 6) is 0. The van der Waals surface area contributed by atoms with Crippen molar-refractivity contribution in [3.05, 3.63) is 11.9 Å². The van der Waals surface area contributed by atoms with Crippen molar-refractivity contribution < 1.29 is 9.50 Å². The Labute approximate surface area is 79.0 Å². The van der Waals surface area contributed by atoms with E-state index >= 15 is 0 Å². The van der Waals surface area contributed by atoms with Crippen molar-refractivity contribution in [1.82, 2.24) is 4.90 Å². The second-order valence-electron chi connectivity index (χ2n) is 4.22. The largest absolute Gasteiger partial charge is 0.392 e. The van der Waals surface area contributed by atoms with Gasteiger partial charge in [0.25, 0.3) is 0 Å². The van der Waals surface area contributed by atoms with Crippen molar-refractivity contribution in [3.63, 3.8) is 0 Å². The van der Waals surface area contributed by atoms with Crippen molar-refractivity contribution in [3.8, 4) is 0 Å². The molecule has 2 atom stereocenters. The Morgan fingerprint density at radius 3 is 2.77 bits per heavy atom. The minimum atomic E-state index is -0.503. The Morgan fingerprint density at radius 2 is 2.31 bits per heavy atom. The van der Waals surface area contributed by atoms with E-state index in [1.807, 2.05) is 14.0 Å². The van der Waals surface area contributed by atoms with Crippen LogP contribution in [0.1, 0.15) is 20.3 Å². The molecule has 1 N–H and O–H groups in total. The van der Waals surface area contributed by atoms with E-state index in [0.29, 0.717) is 12.8 Å². The SMILES string of the molecule is CC(O)[C@]1(C)CN(C)CC/C1=C\F. The maximum Gasteiger partial charge on any atom is 0.0866 e. The molecular formula is C10H18FNO. The summed E-state index contributed by atoms with van der Waals surface area (Å²) >= 11 is 0. The Bertz CT molecular complexity index is 215. The zero-order chi connectivity index (χ0) is 10.1. The van der Waals surface area contributed by atoms with Gasteiger partial charge in [-0.3, -0.25) is 0 Å². The number of halogens is 1. The van der Waals surface area contributed by atoms with E-state index in [9.17, 15) is 9.50 Å². The molecule has 0 aromatic carbocycles. The van der Waals surface area contributed by atoms with Crippen molar-refractivity contribution in [2.45, 2.75) is 26.4 Å². The molecule has 3 heteroatoms. The van der Waals surface area contributed by atoms with Crippen LogP contribution in [-0.2, 0) is 0 Å². The summed E-state index contributed by atoms with van der Waals surface area (Å²) in [6.45, 7) is 5.24. The van der Waals surface area contributed by atoms with E-state index < -0.39 is 11.5 Å². The first-order chi connectivity index (χ1) is 6.00. The molecular weight excluding hydrogens is 169 g/mol. The molecule has 2 nitrogen and oxygen atoms in total. The van der Waals surface area contributed by atoms with Crippen LogP contribution < -0.4 is 0 Å². The van der Waals surface area contributed by atoms with Crippen LogP contribution in [0.2, 0.25) is 0 Å². The van der Waals surface area contributed by atoms with Crippen LogP contribution in [0.3, 0.4) is 0 Å². The van der Waals surface area contributed by atoms with Gasteiger partial charge in [0.15, 0.2) is 0 Å². The fraction of sp³-hybridized carbons (Fsp3) is 0.800. The average molecular weight is 187 g/mol. The summed E-state index contributed by atoms with van der Waals surface area (Å²) in [7, 11) is 2.00. The van der Waals surface area contributed by atoms with E-state index in [1.54, 1.807) is 6.92 Å². The molecule has 1 heterocycles. The van der Waals surface area contributed by atoms with Gasteiger partial charge in [-0.15, -0.1) is 0 Å². The van der Waals surface area contributed by atoms with Gasteiger partial charge in [-0.1, -0.05) is 6.92 Å². The first-order valence-corrected chi connectivity index (χ1v) is 4.67. The van der Waals surface area contributed by atoms with Gasteiger partial charge in [-0.2, -0.15) is 0 Å². The Morgan fingerprint density at radius 1 is 1.69 bits per heavy atom. The van der Waals surface area contributed by atoms with Crippen LogP contribution in [0, 0.1) is 5.41 Å². The molecule has 0 radical (unpaired) electrons. The van der Waals surface area contributed by atoms with Crippen molar-refractivity contribution >= 4 is 0 Å². The predicted octanol–water partition coefficient (Wildman–Crippen LogP) is 1.56. The number of rotatable bonds is 1. The number of aliphatic hydroxyl groups is 1. The minimum absolute atomic E-state index is 0.415. The molecule has 1 rings (SSSR count). The summed E-state index contributed by atoms with van der Waals surface area (Å²) in [5, 5.41) is 9.62. The third kappa shape index (κ3) is 1.92. The smallest absolute Gasteiger partial charge is 0.0866 e. The molecule has 1 aliphatic heterocycles. The maximum absolute atomic E-state index is 12.6. The third-order valence-corrected chi connectivity index (χ3v) is 3.15. The van der Waals surface area contributed by atoms with Gasteiger partial charge in [-0.25, -0.2) is 4.39 Å². The molecule has 0 bridgehead atoms. The summed E-state index contributed by atoms with van der Waals surface area (Å²) in [6, 6.07) is 0. The van der Waals surface area contributed by atoms with Gasteiger partial charge >= 0.3 is 0 Å². The summed E-state index contributed by atoms with van der Waals surface area (Å²) in [5.41, 5.74) is 0.322. The van der Waals surface area contributed by atoms with E-state index in [4.69, 9.17) is 0 Å². The number of nitrogens with zero attached hydrogens (tertiary/aromatic N) is 1. The first kappa shape index (κ1) is 10.7. The van der Waals surface area contributed by atoms with Crippen molar-refractivity contribution in [2.24, 2.45) is 5.41 Å². The van der Waals surface area contributed by atoms with E-state index in [1.165, 1.54) is 0 Å². The van der Waals surface area contributed by atoms with Crippen LogP contribution in [0.4, 0.5) is 4.39 Å². The topological polar surface area (TPSA) is 23.5 Å². The molecule has 1 saturated heterocycles. The highest BCUT2D eigenvalue weighted by molar-refractivity contribution is 5.17. The standard InChI is InChI=1S/C10H18FNO/c1-8(13)10(2)7-12(3)5-4-9(10)6-11/h6,8,13H,4-5,7H2,1-3H3/b9-6+/t8?,10-/m0/s1. The van der Waals surface area contributed by atoms with Crippen LogP contribution in [-0.4, -0.2) is 36.2 Å². The molecule has 0 aromatic rings. The predicted molar refractivity (Wildman–Crippen MR) is 51.1 cm³/mol.